The summed E-state index contributed by atoms with van der Waals surface area (Å²) in [7, 11) is 3.32. The summed E-state index contributed by atoms with van der Waals surface area (Å²) >= 11 is 6.12. The maximum Gasteiger partial charge on any atom is 0.163 e. The Labute approximate surface area is 193 Å². The van der Waals surface area contributed by atoms with E-state index in [9.17, 15) is 0 Å². The number of fused-ring (bicyclic) bond motifs is 3. The van der Waals surface area contributed by atoms with Crippen molar-refractivity contribution in [3.63, 3.8) is 0 Å². The van der Waals surface area contributed by atoms with Crippen molar-refractivity contribution in [2.45, 2.75) is 38.5 Å². The average Bonchev–Trinajstić information content (AvgIpc) is 3.22. The summed E-state index contributed by atoms with van der Waals surface area (Å²) in [6.45, 7) is 0. The lowest BCUT2D eigenvalue weighted by Gasteiger charge is -2.19. The molecule has 0 amide bonds. The maximum atomic E-state index is 6.12. The molecule has 1 aliphatic rings. The third-order valence-corrected chi connectivity index (χ3v) is 6.51. The predicted octanol–water partition coefficient (Wildman–Crippen LogP) is 6.39. The molecule has 6 heteroatoms. The Morgan fingerprint density at radius 2 is 1.56 bits per heavy atom. The summed E-state index contributed by atoms with van der Waals surface area (Å²) in [4.78, 5) is 5.19. The Morgan fingerprint density at radius 3 is 2.31 bits per heavy atom. The second-order valence-electron chi connectivity index (χ2n) is 8.17. The molecular weight excluding hydrogens is 422 g/mol. The van der Waals surface area contributed by atoms with Crippen LogP contribution in [0, 0.1) is 0 Å². The Balaban J connectivity index is 1.76. The van der Waals surface area contributed by atoms with E-state index < -0.39 is 0 Å². The summed E-state index contributed by atoms with van der Waals surface area (Å²) in [5, 5.41) is 5.49. The molecule has 32 heavy (non-hydrogen) atoms. The SMILES string of the molecule is COc1ccc(-c2nc3c(-c4ccc(Cl)cc4)cnn3c3c2CCCCCC3)cc1OC. The minimum atomic E-state index is 0.706. The van der Waals surface area contributed by atoms with Crippen LogP contribution in [0.1, 0.15) is 36.9 Å². The highest BCUT2D eigenvalue weighted by atomic mass is 35.5. The molecule has 0 radical (unpaired) electrons. The summed E-state index contributed by atoms with van der Waals surface area (Å²) in [5.74, 6) is 1.42. The van der Waals surface area contributed by atoms with Gasteiger partial charge in [0, 0.05) is 27.4 Å². The number of halogens is 1. The number of aryl methyl sites for hydroxylation is 1. The van der Waals surface area contributed by atoms with E-state index in [0.29, 0.717) is 16.5 Å². The van der Waals surface area contributed by atoms with Crippen molar-refractivity contribution in [3.8, 4) is 33.9 Å². The monoisotopic (exact) mass is 447 g/mol. The third kappa shape index (κ3) is 3.71. The number of aromatic nitrogens is 3. The number of nitrogens with zero attached hydrogens (tertiary/aromatic N) is 3. The number of hydrogen-bond donors (Lipinski definition) is 0. The van der Waals surface area contributed by atoms with Gasteiger partial charge in [0.1, 0.15) is 0 Å². The molecule has 0 N–H and O–H groups in total. The van der Waals surface area contributed by atoms with Gasteiger partial charge in [-0.05, 0) is 61.6 Å². The molecule has 0 fully saturated rings. The molecule has 2 aromatic heterocycles. The lowest BCUT2D eigenvalue weighted by atomic mass is 9.93. The van der Waals surface area contributed by atoms with Gasteiger partial charge in [0.2, 0.25) is 0 Å². The lowest BCUT2D eigenvalue weighted by molar-refractivity contribution is 0.355. The summed E-state index contributed by atoms with van der Waals surface area (Å²) in [5.41, 5.74) is 7.52. The molecule has 0 atom stereocenters. The van der Waals surface area contributed by atoms with Crippen LogP contribution < -0.4 is 9.47 Å². The van der Waals surface area contributed by atoms with E-state index in [-0.39, 0.29) is 0 Å². The van der Waals surface area contributed by atoms with Gasteiger partial charge in [0.05, 0.1) is 26.1 Å². The summed E-state index contributed by atoms with van der Waals surface area (Å²) in [6, 6.07) is 13.9. The first-order chi connectivity index (χ1) is 15.7. The second kappa shape index (κ2) is 8.83. The van der Waals surface area contributed by atoms with Crippen molar-refractivity contribution in [2.75, 3.05) is 14.2 Å². The first kappa shape index (κ1) is 20.8. The van der Waals surface area contributed by atoms with Gasteiger partial charge in [-0.15, -0.1) is 0 Å². The van der Waals surface area contributed by atoms with Crippen LogP contribution in [0.4, 0.5) is 0 Å². The smallest absolute Gasteiger partial charge is 0.163 e. The number of benzene rings is 2. The summed E-state index contributed by atoms with van der Waals surface area (Å²) in [6.07, 6.45) is 8.73. The molecule has 2 heterocycles. The van der Waals surface area contributed by atoms with Crippen molar-refractivity contribution < 1.29 is 9.47 Å². The van der Waals surface area contributed by atoms with E-state index in [2.05, 4.69) is 10.6 Å². The largest absolute Gasteiger partial charge is 0.493 e. The highest BCUT2D eigenvalue weighted by molar-refractivity contribution is 6.30. The third-order valence-electron chi connectivity index (χ3n) is 6.25. The zero-order chi connectivity index (χ0) is 22.1. The summed E-state index contributed by atoms with van der Waals surface area (Å²) < 4.78 is 13.1. The number of methoxy groups -OCH3 is 2. The average molecular weight is 448 g/mol. The van der Waals surface area contributed by atoms with Crippen LogP contribution in [-0.2, 0) is 12.8 Å². The molecule has 2 aromatic carbocycles. The van der Waals surface area contributed by atoms with Gasteiger partial charge in [0.25, 0.3) is 0 Å². The minimum Gasteiger partial charge on any atom is -0.493 e. The Morgan fingerprint density at radius 1 is 0.844 bits per heavy atom. The molecule has 0 spiro atoms. The van der Waals surface area contributed by atoms with Crippen molar-refractivity contribution in [3.05, 3.63) is 64.9 Å². The van der Waals surface area contributed by atoms with Gasteiger partial charge < -0.3 is 9.47 Å². The van der Waals surface area contributed by atoms with Crippen molar-refractivity contribution in [2.24, 2.45) is 0 Å². The van der Waals surface area contributed by atoms with Crippen LogP contribution in [0.2, 0.25) is 5.02 Å². The first-order valence-corrected chi connectivity index (χ1v) is 11.4. The molecular formula is C26H26ClN3O2. The highest BCUT2D eigenvalue weighted by Gasteiger charge is 2.22. The molecule has 0 saturated carbocycles. The van der Waals surface area contributed by atoms with E-state index in [1.807, 2.05) is 42.6 Å². The molecule has 0 saturated heterocycles. The van der Waals surface area contributed by atoms with E-state index in [1.165, 1.54) is 24.1 Å². The Kier molecular flexibility index (Phi) is 5.75. The quantitative estimate of drug-likeness (QED) is 0.363. The number of ether oxygens (including phenoxy) is 2. The highest BCUT2D eigenvalue weighted by Crippen LogP contribution is 2.37. The fraction of sp³-hybridized carbons (Fsp3) is 0.308. The molecule has 0 bridgehead atoms. The second-order valence-corrected chi connectivity index (χ2v) is 8.61. The predicted molar refractivity (Wildman–Crippen MR) is 128 cm³/mol. The zero-order valence-corrected chi connectivity index (χ0v) is 19.2. The maximum absolute atomic E-state index is 6.12. The molecule has 5 nitrogen and oxygen atoms in total. The van der Waals surface area contributed by atoms with E-state index in [1.54, 1.807) is 14.2 Å². The van der Waals surface area contributed by atoms with Crippen LogP contribution >= 0.6 is 11.6 Å². The zero-order valence-electron chi connectivity index (χ0n) is 18.4. The van der Waals surface area contributed by atoms with Crippen LogP contribution in [0.25, 0.3) is 28.0 Å². The molecule has 0 aliphatic heterocycles. The fourth-order valence-electron chi connectivity index (χ4n) is 4.61. The number of rotatable bonds is 4. The van der Waals surface area contributed by atoms with Crippen LogP contribution in [0.15, 0.2) is 48.7 Å². The number of hydrogen-bond acceptors (Lipinski definition) is 4. The van der Waals surface area contributed by atoms with Gasteiger partial charge >= 0.3 is 0 Å². The van der Waals surface area contributed by atoms with E-state index >= 15 is 0 Å². The molecule has 1 aliphatic carbocycles. The van der Waals surface area contributed by atoms with Crippen LogP contribution in [0.5, 0.6) is 11.5 Å². The van der Waals surface area contributed by atoms with Crippen molar-refractivity contribution >= 4 is 17.2 Å². The van der Waals surface area contributed by atoms with Gasteiger partial charge in [-0.3, -0.25) is 0 Å². The van der Waals surface area contributed by atoms with Crippen LogP contribution in [-0.4, -0.2) is 28.8 Å². The minimum absolute atomic E-state index is 0.706. The molecule has 5 rings (SSSR count). The Hall–Kier alpha value is -3.05. The molecule has 0 unspecified atom stereocenters. The van der Waals surface area contributed by atoms with Crippen molar-refractivity contribution in [1.82, 2.24) is 14.6 Å². The van der Waals surface area contributed by atoms with Gasteiger partial charge in [-0.25, -0.2) is 9.50 Å². The van der Waals surface area contributed by atoms with Gasteiger partial charge in [-0.1, -0.05) is 36.6 Å². The van der Waals surface area contributed by atoms with Crippen molar-refractivity contribution in [1.29, 1.82) is 0 Å². The Bertz CT molecular complexity index is 1260. The van der Waals surface area contributed by atoms with E-state index in [0.717, 1.165) is 53.7 Å². The molecule has 164 valence electrons. The van der Waals surface area contributed by atoms with Crippen LogP contribution in [0.3, 0.4) is 0 Å². The van der Waals surface area contributed by atoms with Gasteiger partial charge in [0.15, 0.2) is 17.1 Å². The standard InChI is InChI=1S/C26H26ClN3O2/c1-31-23-14-11-18(15-24(23)32-2)25-20-7-5-3-4-6-8-22(20)30-26(29-25)21(16-28-30)17-9-12-19(27)13-10-17/h9-16H,3-8H2,1-2H3. The normalized spacial score (nSPS) is 14.0. The topological polar surface area (TPSA) is 48.7 Å². The molecule has 4 aromatic rings. The lowest BCUT2D eigenvalue weighted by Crippen LogP contribution is -2.11. The van der Waals surface area contributed by atoms with E-state index in [4.69, 9.17) is 31.2 Å². The first-order valence-electron chi connectivity index (χ1n) is 11.1. The van der Waals surface area contributed by atoms with Gasteiger partial charge in [-0.2, -0.15) is 5.10 Å². The fourth-order valence-corrected chi connectivity index (χ4v) is 4.73.